The summed E-state index contributed by atoms with van der Waals surface area (Å²) in [5.41, 5.74) is 5.10. The second-order valence-corrected chi connectivity index (χ2v) is 3.25. The van der Waals surface area contributed by atoms with Crippen molar-refractivity contribution in [3.8, 4) is 0 Å². The Bertz CT molecular complexity index is 163. The van der Waals surface area contributed by atoms with Crippen LogP contribution in [0.5, 0.6) is 0 Å². The van der Waals surface area contributed by atoms with Crippen molar-refractivity contribution in [2.24, 2.45) is 5.73 Å². The van der Waals surface area contributed by atoms with Gasteiger partial charge in [0, 0.05) is 13.0 Å². The molecule has 0 aromatic carbocycles. The van der Waals surface area contributed by atoms with Crippen LogP contribution >= 0.6 is 0 Å². The van der Waals surface area contributed by atoms with Crippen LogP contribution in [-0.4, -0.2) is 23.6 Å². The number of guanidine groups is 1. The minimum atomic E-state index is -0.719. The molecule has 0 aliphatic carbocycles. The third-order valence-corrected chi connectivity index (χ3v) is 1.88. The van der Waals surface area contributed by atoms with Crippen LogP contribution in [0.2, 0.25) is 0 Å². The van der Waals surface area contributed by atoms with Gasteiger partial charge in [0.15, 0.2) is 5.96 Å². The Morgan fingerprint density at radius 2 is 1.79 bits per heavy atom. The maximum Gasteiger partial charge on any atom is 0.303 e. The minimum absolute atomic E-state index is 0.0101. The van der Waals surface area contributed by atoms with Crippen LogP contribution in [0.1, 0.15) is 38.5 Å². The molecule has 0 atom stereocenters. The maximum absolute atomic E-state index is 10.2. The molecule has 0 spiro atoms. The number of carbonyl (C=O) groups is 1. The second-order valence-electron chi connectivity index (χ2n) is 3.25. The van der Waals surface area contributed by atoms with Crippen LogP contribution in [0.3, 0.4) is 0 Å². The Hall–Kier alpha value is -1.26. The van der Waals surface area contributed by atoms with Gasteiger partial charge in [-0.05, 0) is 12.8 Å². The normalized spacial score (nSPS) is 9.71. The van der Waals surface area contributed by atoms with E-state index in [-0.39, 0.29) is 12.4 Å². The fraction of sp³-hybridized carbons (Fsp3) is 0.778. The second kappa shape index (κ2) is 8.34. The number of hydrogen-bond acceptors (Lipinski definition) is 2. The van der Waals surface area contributed by atoms with E-state index in [4.69, 9.17) is 16.2 Å². The average Bonchev–Trinajstić information content (AvgIpc) is 2.08. The quantitative estimate of drug-likeness (QED) is 0.266. The molecular weight excluding hydrogens is 182 g/mol. The van der Waals surface area contributed by atoms with Gasteiger partial charge >= 0.3 is 5.97 Å². The first-order valence-corrected chi connectivity index (χ1v) is 4.92. The molecule has 0 unspecified atom stereocenters. The number of nitrogens with one attached hydrogen (secondary N) is 2. The number of unbranched alkanes of at least 4 members (excludes halogenated alkanes) is 4. The molecule has 0 aromatic rings. The number of carboxylic acids is 1. The Balaban J connectivity index is 2.99. The number of rotatable bonds is 8. The van der Waals surface area contributed by atoms with Crippen molar-refractivity contribution in [3.05, 3.63) is 0 Å². The van der Waals surface area contributed by atoms with E-state index in [1.54, 1.807) is 0 Å². The predicted molar refractivity (Wildman–Crippen MR) is 55.3 cm³/mol. The van der Waals surface area contributed by atoms with Gasteiger partial charge in [-0.15, -0.1) is 0 Å². The molecule has 0 heterocycles. The van der Waals surface area contributed by atoms with E-state index in [0.29, 0.717) is 0 Å². The van der Waals surface area contributed by atoms with Crippen LogP contribution in [0.25, 0.3) is 0 Å². The van der Waals surface area contributed by atoms with E-state index in [2.05, 4.69) is 5.32 Å². The maximum atomic E-state index is 10.2. The van der Waals surface area contributed by atoms with Crippen molar-refractivity contribution < 1.29 is 9.90 Å². The van der Waals surface area contributed by atoms with Crippen molar-refractivity contribution >= 4 is 11.9 Å². The van der Waals surface area contributed by atoms with E-state index in [9.17, 15) is 4.79 Å². The average molecular weight is 201 g/mol. The van der Waals surface area contributed by atoms with Crippen molar-refractivity contribution in [1.82, 2.24) is 5.32 Å². The standard InChI is InChI=1S/C9H19N3O2/c10-9(11)12-7-5-3-1-2-4-6-8(13)14/h1-7H2,(H,13,14)(H4,10,11,12). The molecule has 0 aliphatic heterocycles. The van der Waals surface area contributed by atoms with Gasteiger partial charge in [0.1, 0.15) is 0 Å². The number of hydrogen-bond donors (Lipinski definition) is 4. The highest BCUT2D eigenvalue weighted by atomic mass is 16.4. The van der Waals surface area contributed by atoms with Crippen LogP contribution in [0.15, 0.2) is 0 Å². The van der Waals surface area contributed by atoms with Gasteiger partial charge in [0.2, 0.25) is 0 Å². The summed E-state index contributed by atoms with van der Waals surface area (Å²) >= 11 is 0. The highest BCUT2D eigenvalue weighted by Crippen LogP contribution is 2.04. The van der Waals surface area contributed by atoms with Crippen molar-refractivity contribution in [2.45, 2.75) is 38.5 Å². The molecule has 5 nitrogen and oxygen atoms in total. The molecule has 0 radical (unpaired) electrons. The van der Waals surface area contributed by atoms with E-state index < -0.39 is 5.97 Å². The number of aliphatic carboxylic acids is 1. The monoisotopic (exact) mass is 201 g/mol. The molecule has 0 fully saturated rings. The predicted octanol–water partition coefficient (Wildman–Crippen LogP) is 0.895. The first-order valence-electron chi connectivity index (χ1n) is 4.92. The topological polar surface area (TPSA) is 99.2 Å². The molecule has 0 rings (SSSR count). The summed E-state index contributed by atoms with van der Waals surface area (Å²) in [5.74, 6) is -0.709. The van der Waals surface area contributed by atoms with E-state index >= 15 is 0 Å². The molecule has 0 aromatic heterocycles. The van der Waals surface area contributed by atoms with Gasteiger partial charge in [-0.2, -0.15) is 0 Å². The van der Waals surface area contributed by atoms with Gasteiger partial charge in [-0.3, -0.25) is 10.2 Å². The third-order valence-electron chi connectivity index (χ3n) is 1.88. The van der Waals surface area contributed by atoms with Gasteiger partial charge < -0.3 is 16.2 Å². The lowest BCUT2D eigenvalue weighted by molar-refractivity contribution is -0.137. The zero-order chi connectivity index (χ0) is 10.8. The first-order chi connectivity index (χ1) is 6.63. The zero-order valence-electron chi connectivity index (χ0n) is 8.38. The fourth-order valence-electron chi connectivity index (χ4n) is 1.15. The zero-order valence-corrected chi connectivity index (χ0v) is 8.38. The Morgan fingerprint density at radius 1 is 1.21 bits per heavy atom. The molecule has 0 saturated carbocycles. The van der Waals surface area contributed by atoms with Crippen molar-refractivity contribution in [2.75, 3.05) is 6.54 Å². The van der Waals surface area contributed by atoms with Gasteiger partial charge in [-0.25, -0.2) is 0 Å². The van der Waals surface area contributed by atoms with Crippen LogP contribution < -0.4 is 11.1 Å². The minimum Gasteiger partial charge on any atom is -0.481 e. The lowest BCUT2D eigenvalue weighted by Gasteiger charge is -2.02. The largest absolute Gasteiger partial charge is 0.481 e. The van der Waals surface area contributed by atoms with Gasteiger partial charge in [0.05, 0.1) is 0 Å². The van der Waals surface area contributed by atoms with E-state index in [1.807, 2.05) is 0 Å². The lowest BCUT2D eigenvalue weighted by atomic mass is 10.1. The van der Waals surface area contributed by atoms with E-state index in [1.165, 1.54) is 0 Å². The van der Waals surface area contributed by atoms with Crippen molar-refractivity contribution in [1.29, 1.82) is 5.41 Å². The molecule has 5 heteroatoms. The third kappa shape index (κ3) is 10.7. The summed E-state index contributed by atoms with van der Waals surface area (Å²) < 4.78 is 0. The summed E-state index contributed by atoms with van der Waals surface area (Å²) in [6, 6.07) is 0. The van der Waals surface area contributed by atoms with Crippen molar-refractivity contribution in [3.63, 3.8) is 0 Å². The lowest BCUT2D eigenvalue weighted by Crippen LogP contribution is -2.30. The SMILES string of the molecule is N=C(N)NCCCCCCCC(=O)O. The molecule has 0 aliphatic rings. The van der Waals surface area contributed by atoms with Crippen LogP contribution in [0, 0.1) is 5.41 Å². The molecule has 5 N–H and O–H groups in total. The fourth-order valence-corrected chi connectivity index (χ4v) is 1.15. The summed E-state index contributed by atoms with van der Waals surface area (Å²) in [5, 5.41) is 18.0. The highest BCUT2D eigenvalue weighted by molar-refractivity contribution is 5.74. The number of carboxylic acid groups (broad SMARTS) is 1. The summed E-state index contributed by atoms with van der Waals surface area (Å²) in [4.78, 5) is 10.2. The molecule has 82 valence electrons. The smallest absolute Gasteiger partial charge is 0.303 e. The van der Waals surface area contributed by atoms with E-state index in [0.717, 1.165) is 38.6 Å². The molecule has 14 heavy (non-hydrogen) atoms. The Morgan fingerprint density at radius 3 is 2.36 bits per heavy atom. The van der Waals surface area contributed by atoms with Gasteiger partial charge in [0.25, 0.3) is 0 Å². The number of nitrogens with two attached hydrogens (primary N) is 1. The highest BCUT2D eigenvalue weighted by Gasteiger charge is 1.96. The Kier molecular flexibility index (Phi) is 7.59. The molecule has 0 amide bonds. The summed E-state index contributed by atoms with van der Waals surface area (Å²) in [6.07, 6.45) is 5.08. The van der Waals surface area contributed by atoms with Crippen LogP contribution in [0.4, 0.5) is 0 Å². The molecular formula is C9H19N3O2. The Labute approximate surface area is 84.2 Å². The van der Waals surface area contributed by atoms with Gasteiger partial charge in [-0.1, -0.05) is 19.3 Å². The first kappa shape index (κ1) is 12.7. The summed E-state index contributed by atoms with van der Waals surface area (Å²) in [6.45, 7) is 0.730. The summed E-state index contributed by atoms with van der Waals surface area (Å²) in [7, 11) is 0. The van der Waals surface area contributed by atoms with Crippen LogP contribution in [-0.2, 0) is 4.79 Å². The molecule has 0 bridgehead atoms. The molecule has 0 saturated heterocycles.